The van der Waals surface area contributed by atoms with Gasteiger partial charge in [0.2, 0.25) is 0 Å². The summed E-state index contributed by atoms with van der Waals surface area (Å²) in [6.07, 6.45) is 1.94. The first-order chi connectivity index (χ1) is 13.0. The van der Waals surface area contributed by atoms with Gasteiger partial charge in [-0.05, 0) is 55.5 Å². The Morgan fingerprint density at radius 1 is 1.15 bits per heavy atom. The van der Waals surface area contributed by atoms with E-state index in [4.69, 9.17) is 11.6 Å². The highest BCUT2D eigenvalue weighted by Crippen LogP contribution is 2.18. The average Bonchev–Trinajstić information content (AvgIpc) is 2.65. The van der Waals surface area contributed by atoms with Crippen LogP contribution in [0.4, 0.5) is 4.79 Å². The molecule has 1 saturated heterocycles. The van der Waals surface area contributed by atoms with Crippen LogP contribution >= 0.6 is 11.6 Å². The molecule has 0 aromatic heterocycles. The Labute approximate surface area is 166 Å². The van der Waals surface area contributed by atoms with E-state index in [1.54, 1.807) is 0 Å². The van der Waals surface area contributed by atoms with Crippen LogP contribution in [-0.2, 0) is 6.54 Å². The topological polar surface area (TPSA) is 44.4 Å². The summed E-state index contributed by atoms with van der Waals surface area (Å²) < 4.78 is 0. The highest BCUT2D eigenvalue weighted by molar-refractivity contribution is 6.30. The number of hydrogen-bond donors (Lipinski definition) is 2. The second-order valence-electron chi connectivity index (χ2n) is 7.37. The van der Waals surface area contributed by atoms with E-state index in [9.17, 15) is 4.79 Å². The van der Waals surface area contributed by atoms with Gasteiger partial charge in [0.25, 0.3) is 0 Å². The van der Waals surface area contributed by atoms with Crippen LogP contribution in [0.15, 0.2) is 48.5 Å². The normalized spacial score (nSPS) is 16.7. The van der Waals surface area contributed by atoms with Crippen molar-refractivity contribution >= 4 is 17.6 Å². The largest absolute Gasteiger partial charge is 0.335 e. The molecule has 0 radical (unpaired) electrons. The first kappa shape index (κ1) is 19.7. The van der Waals surface area contributed by atoms with Crippen LogP contribution in [0.25, 0.3) is 0 Å². The van der Waals surface area contributed by atoms with Crippen LogP contribution in [-0.4, -0.2) is 30.1 Å². The summed E-state index contributed by atoms with van der Waals surface area (Å²) in [7, 11) is 0. The number of carbonyl (C=O) groups is 1. The quantitative estimate of drug-likeness (QED) is 0.785. The average molecular weight is 386 g/mol. The van der Waals surface area contributed by atoms with Gasteiger partial charge >= 0.3 is 6.03 Å². The number of likely N-dealkylation sites (tertiary alicyclic amines) is 1. The lowest BCUT2D eigenvalue weighted by Gasteiger charge is -2.32. The molecule has 2 amide bonds. The summed E-state index contributed by atoms with van der Waals surface area (Å²) in [4.78, 5) is 14.8. The Kier molecular flexibility index (Phi) is 6.75. The molecule has 1 aliphatic heterocycles. The minimum absolute atomic E-state index is 0.00352. The molecule has 1 atom stereocenters. The van der Waals surface area contributed by atoms with Crippen molar-refractivity contribution in [2.24, 2.45) is 0 Å². The van der Waals surface area contributed by atoms with Gasteiger partial charge in [0.15, 0.2) is 0 Å². The van der Waals surface area contributed by atoms with E-state index in [1.807, 2.05) is 31.2 Å². The number of hydrogen-bond acceptors (Lipinski definition) is 2. The van der Waals surface area contributed by atoms with Crippen molar-refractivity contribution in [1.29, 1.82) is 0 Å². The fourth-order valence-corrected chi connectivity index (χ4v) is 3.78. The first-order valence-electron chi connectivity index (χ1n) is 9.60. The monoisotopic (exact) mass is 385 g/mol. The molecule has 1 fully saturated rings. The van der Waals surface area contributed by atoms with E-state index in [0.29, 0.717) is 0 Å². The van der Waals surface area contributed by atoms with E-state index < -0.39 is 0 Å². The summed E-state index contributed by atoms with van der Waals surface area (Å²) in [6, 6.07) is 16.3. The number of rotatable bonds is 5. The molecule has 2 N–H and O–H groups in total. The number of nitrogens with one attached hydrogen (secondary N) is 2. The molecule has 0 aliphatic carbocycles. The molecule has 144 valence electrons. The molecule has 1 aliphatic rings. The fraction of sp³-hybridized carbons (Fsp3) is 0.409. The lowest BCUT2D eigenvalue weighted by molar-refractivity contribution is 0.186. The van der Waals surface area contributed by atoms with Crippen molar-refractivity contribution in [3.05, 3.63) is 70.2 Å². The maximum atomic E-state index is 12.4. The Bertz CT molecular complexity index is 754. The summed E-state index contributed by atoms with van der Waals surface area (Å²) in [5.74, 6) is 0. The molecule has 27 heavy (non-hydrogen) atoms. The van der Waals surface area contributed by atoms with Gasteiger partial charge in [-0.3, -0.25) is 4.90 Å². The van der Waals surface area contributed by atoms with Gasteiger partial charge in [0, 0.05) is 30.7 Å². The molecule has 1 heterocycles. The molecule has 3 rings (SSSR count). The van der Waals surface area contributed by atoms with Gasteiger partial charge in [-0.1, -0.05) is 48.0 Å². The minimum atomic E-state index is -0.0816. The number of halogens is 1. The van der Waals surface area contributed by atoms with Crippen LogP contribution in [0.5, 0.6) is 0 Å². The zero-order chi connectivity index (χ0) is 19.2. The van der Waals surface area contributed by atoms with Gasteiger partial charge in [-0.25, -0.2) is 4.79 Å². The lowest BCUT2D eigenvalue weighted by Crippen LogP contribution is -2.48. The molecule has 4 nitrogen and oxygen atoms in total. The molecule has 0 spiro atoms. The molecular weight excluding hydrogens is 358 g/mol. The number of amides is 2. The predicted molar refractivity (Wildman–Crippen MR) is 111 cm³/mol. The number of nitrogens with zero attached hydrogens (tertiary/aromatic N) is 1. The Hall–Kier alpha value is -2.04. The highest BCUT2D eigenvalue weighted by atomic mass is 35.5. The third kappa shape index (κ3) is 5.72. The number of benzene rings is 2. The Balaban J connectivity index is 1.42. The van der Waals surface area contributed by atoms with Crippen LogP contribution in [0, 0.1) is 6.92 Å². The number of piperidine rings is 1. The second kappa shape index (κ2) is 9.25. The van der Waals surface area contributed by atoms with Crippen LogP contribution in [0.1, 0.15) is 42.5 Å². The predicted octanol–water partition coefficient (Wildman–Crippen LogP) is 4.67. The highest BCUT2D eigenvalue weighted by Gasteiger charge is 2.21. The summed E-state index contributed by atoms with van der Waals surface area (Å²) in [6.45, 7) is 7.00. The molecule has 2 aromatic rings. The van der Waals surface area contributed by atoms with E-state index >= 15 is 0 Å². The van der Waals surface area contributed by atoms with Crippen LogP contribution < -0.4 is 10.6 Å². The number of urea groups is 1. The Morgan fingerprint density at radius 2 is 1.81 bits per heavy atom. The van der Waals surface area contributed by atoms with Gasteiger partial charge in [-0.2, -0.15) is 0 Å². The minimum Gasteiger partial charge on any atom is -0.335 e. The van der Waals surface area contributed by atoms with Crippen molar-refractivity contribution in [3.63, 3.8) is 0 Å². The zero-order valence-corrected chi connectivity index (χ0v) is 16.8. The smallest absolute Gasteiger partial charge is 0.315 e. The van der Waals surface area contributed by atoms with Gasteiger partial charge < -0.3 is 10.6 Å². The van der Waals surface area contributed by atoms with Crippen LogP contribution in [0.2, 0.25) is 5.02 Å². The van der Waals surface area contributed by atoms with Crippen LogP contribution in [0.3, 0.4) is 0 Å². The van der Waals surface area contributed by atoms with Crippen molar-refractivity contribution < 1.29 is 4.79 Å². The maximum Gasteiger partial charge on any atom is 0.315 e. The molecule has 0 saturated carbocycles. The van der Waals surface area contributed by atoms with Crippen molar-refractivity contribution in [2.75, 3.05) is 13.1 Å². The first-order valence-corrected chi connectivity index (χ1v) is 9.98. The molecule has 1 unspecified atom stereocenters. The SMILES string of the molecule is Cc1ccccc1C(C)NC(=O)NC1CCN(Cc2ccc(Cl)cc2)CC1. The van der Waals surface area contributed by atoms with Gasteiger partial charge in [0.05, 0.1) is 6.04 Å². The van der Waals surface area contributed by atoms with E-state index in [0.717, 1.165) is 43.1 Å². The van der Waals surface area contributed by atoms with Crippen molar-refractivity contribution in [2.45, 2.75) is 45.3 Å². The third-order valence-corrected chi connectivity index (χ3v) is 5.50. The number of carbonyl (C=O) groups excluding carboxylic acids is 1. The van der Waals surface area contributed by atoms with Gasteiger partial charge in [0.1, 0.15) is 0 Å². The molecule has 5 heteroatoms. The van der Waals surface area contributed by atoms with E-state index in [-0.39, 0.29) is 18.1 Å². The number of aryl methyl sites for hydroxylation is 1. The standard InChI is InChI=1S/C22H28ClN3O/c1-16-5-3-4-6-21(16)17(2)24-22(27)25-20-11-13-26(14-12-20)15-18-7-9-19(23)10-8-18/h3-10,17,20H,11-15H2,1-2H3,(H2,24,25,27). The van der Waals surface area contributed by atoms with Crippen molar-refractivity contribution in [1.82, 2.24) is 15.5 Å². The molecule has 2 aromatic carbocycles. The molecular formula is C22H28ClN3O. The lowest BCUT2D eigenvalue weighted by atomic mass is 10.0. The third-order valence-electron chi connectivity index (χ3n) is 5.24. The Morgan fingerprint density at radius 3 is 2.48 bits per heavy atom. The maximum absolute atomic E-state index is 12.4. The van der Waals surface area contributed by atoms with E-state index in [1.165, 1.54) is 11.1 Å². The van der Waals surface area contributed by atoms with Crippen molar-refractivity contribution in [3.8, 4) is 0 Å². The van der Waals surface area contributed by atoms with E-state index in [2.05, 4.69) is 46.7 Å². The second-order valence-corrected chi connectivity index (χ2v) is 7.81. The summed E-state index contributed by atoms with van der Waals surface area (Å²) >= 11 is 5.95. The summed E-state index contributed by atoms with van der Waals surface area (Å²) in [5, 5.41) is 6.97. The summed E-state index contributed by atoms with van der Waals surface area (Å²) in [5.41, 5.74) is 3.63. The molecule has 0 bridgehead atoms. The zero-order valence-electron chi connectivity index (χ0n) is 16.0. The fourth-order valence-electron chi connectivity index (χ4n) is 3.66. The van der Waals surface area contributed by atoms with Gasteiger partial charge in [-0.15, -0.1) is 0 Å².